The highest BCUT2D eigenvalue weighted by atomic mass is 79.9. The number of aryl methyl sites for hydroxylation is 1. The van der Waals surface area contributed by atoms with Gasteiger partial charge >= 0.3 is 0 Å². The molecule has 132 valence electrons. The molecule has 0 radical (unpaired) electrons. The van der Waals surface area contributed by atoms with Gasteiger partial charge in [0.15, 0.2) is 5.78 Å². The molecule has 0 N–H and O–H groups in total. The number of Topliss-reactive ketones (excluding diaryl/α,β-unsaturated/α-hetero) is 1. The first-order chi connectivity index (χ1) is 11.7. The molecule has 0 atom stereocenters. The summed E-state index contributed by atoms with van der Waals surface area (Å²) in [7, 11) is -3.74. The fourth-order valence-electron chi connectivity index (χ4n) is 2.85. The number of para-hydroxylation sites is 1. The summed E-state index contributed by atoms with van der Waals surface area (Å²) >= 11 is 6.87. The zero-order valence-electron chi connectivity index (χ0n) is 13.6. The molecule has 2 aromatic rings. The molecule has 1 heterocycles. The Bertz CT molecular complexity index is 908. The number of alkyl halides is 2. The van der Waals surface area contributed by atoms with Crippen LogP contribution in [0.2, 0.25) is 0 Å². The quantitative estimate of drug-likeness (QED) is 0.580. The smallest absolute Gasteiger partial charge is 0.264 e. The number of nitrogens with zero attached hydrogens (tertiary/aromatic N) is 1. The Labute approximate surface area is 164 Å². The van der Waals surface area contributed by atoms with Crippen molar-refractivity contribution < 1.29 is 13.2 Å². The van der Waals surface area contributed by atoms with Crippen LogP contribution in [-0.4, -0.2) is 24.0 Å². The van der Waals surface area contributed by atoms with Crippen LogP contribution in [0.3, 0.4) is 0 Å². The van der Waals surface area contributed by atoms with E-state index in [4.69, 9.17) is 0 Å². The van der Waals surface area contributed by atoms with E-state index in [0.29, 0.717) is 30.6 Å². The van der Waals surface area contributed by atoms with Crippen molar-refractivity contribution in [3.8, 4) is 0 Å². The van der Waals surface area contributed by atoms with Crippen molar-refractivity contribution in [3.63, 3.8) is 0 Å². The number of hydrogen-bond donors (Lipinski definition) is 0. The van der Waals surface area contributed by atoms with Crippen LogP contribution in [0.5, 0.6) is 0 Å². The Morgan fingerprint density at radius 1 is 1.04 bits per heavy atom. The SMILES string of the molecule is Cc1ccc(S(=O)(=O)N2CCCC(Br)(Br)C(=O)c3ccccc32)cc1. The van der Waals surface area contributed by atoms with E-state index in [0.717, 1.165) is 5.56 Å². The molecule has 3 rings (SSSR count). The second-order valence-electron chi connectivity index (χ2n) is 6.04. The third-order valence-electron chi connectivity index (χ3n) is 4.21. The van der Waals surface area contributed by atoms with Crippen molar-refractivity contribution >= 4 is 53.4 Å². The van der Waals surface area contributed by atoms with Gasteiger partial charge in [-0.25, -0.2) is 8.42 Å². The van der Waals surface area contributed by atoms with Crippen LogP contribution in [0, 0.1) is 6.92 Å². The van der Waals surface area contributed by atoms with Gasteiger partial charge in [-0.2, -0.15) is 0 Å². The third-order valence-corrected chi connectivity index (χ3v) is 7.55. The van der Waals surface area contributed by atoms with Crippen LogP contribution in [0.15, 0.2) is 53.4 Å². The Morgan fingerprint density at radius 2 is 1.68 bits per heavy atom. The minimum atomic E-state index is -3.74. The number of fused-ring (bicyclic) bond motifs is 1. The molecule has 0 aromatic heterocycles. The van der Waals surface area contributed by atoms with Gasteiger partial charge in [0.2, 0.25) is 0 Å². The van der Waals surface area contributed by atoms with Crippen molar-refractivity contribution in [2.45, 2.75) is 27.9 Å². The van der Waals surface area contributed by atoms with E-state index in [-0.39, 0.29) is 10.7 Å². The molecule has 0 aliphatic carbocycles. The standard InChI is InChI=1S/C18H17Br2NO3S/c1-13-7-9-14(10-8-13)25(23,24)21-12-4-11-18(19,20)17(22)15-5-2-3-6-16(15)21/h2-3,5-10H,4,11-12H2,1H3. The maximum atomic E-state index is 13.2. The summed E-state index contributed by atoms with van der Waals surface area (Å²) in [4.78, 5) is 13.1. The summed E-state index contributed by atoms with van der Waals surface area (Å²) < 4.78 is 26.9. The summed E-state index contributed by atoms with van der Waals surface area (Å²) in [6.45, 7) is 2.21. The molecule has 25 heavy (non-hydrogen) atoms. The van der Waals surface area contributed by atoms with Crippen molar-refractivity contribution in [1.82, 2.24) is 0 Å². The van der Waals surface area contributed by atoms with E-state index in [1.807, 2.05) is 6.92 Å². The molecule has 0 saturated carbocycles. The van der Waals surface area contributed by atoms with Gasteiger partial charge in [0.25, 0.3) is 10.0 Å². The Hall–Kier alpha value is -1.18. The molecule has 2 aromatic carbocycles. The van der Waals surface area contributed by atoms with Crippen LogP contribution in [0.4, 0.5) is 5.69 Å². The highest BCUT2D eigenvalue weighted by Crippen LogP contribution is 2.41. The van der Waals surface area contributed by atoms with E-state index in [1.165, 1.54) is 4.31 Å². The molecule has 1 aliphatic rings. The zero-order valence-corrected chi connectivity index (χ0v) is 17.6. The predicted molar refractivity (Wildman–Crippen MR) is 106 cm³/mol. The van der Waals surface area contributed by atoms with Crippen LogP contribution in [0.1, 0.15) is 28.8 Å². The van der Waals surface area contributed by atoms with Gasteiger partial charge in [0, 0.05) is 12.1 Å². The van der Waals surface area contributed by atoms with Crippen LogP contribution >= 0.6 is 31.9 Å². The fourth-order valence-corrected chi connectivity index (χ4v) is 5.36. The second kappa shape index (κ2) is 6.85. The average Bonchev–Trinajstić information content (AvgIpc) is 2.57. The molecule has 0 amide bonds. The Morgan fingerprint density at radius 3 is 2.36 bits per heavy atom. The van der Waals surface area contributed by atoms with Crippen molar-refractivity contribution in [1.29, 1.82) is 0 Å². The normalized spacial score (nSPS) is 17.6. The summed E-state index contributed by atoms with van der Waals surface area (Å²) in [5.74, 6) is -0.174. The Balaban J connectivity index is 2.15. The Kier molecular flexibility index (Phi) is 5.10. The van der Waals surface area contributed by atoms with Gasteiger partial charge in [-0.3, -0.25) is 9.10 Å². The summed E-state index contributed by atoms with van der Waals surface area (Å²) in [5, 5.41) is 0. The van der Waals surface area contributed by atoms with Crippen LogP contribution in [0.25, 0.3) is 0 Å². The van der Waals surface area contributed by atoms with Gasteiger partial charge < -0.3 is 0 Å². The maximum absolute atomic E-state index is 13.2. The lowest BCUT2D eigenvalue weighted by Gasteiger charge is -2.31. The molecule has 0 fully saturated rings. The zero-order chi connectivity index (χ0) is 18.2. The molecule has 0 spiro atoms. The minimum Gasteiger partial charge on any atom is -0.292 e. The molecule has 0 bridgehead atoms. The predicted octanol–water partition coefficient (Wildman–Crippen LogP) is 4.65. The lowest BCUT2D eigenvalue weighted by atomic mass is 10.0. The number of rotatable bonds is 2. The second-order valence-corrected chi connectivity index (χ2v) is 11.7. The van der Waals surface area contributed by atoms with Gasteiger partial charge in [-0.05, 0) is 44.0 Å². The topological polar surface area (TPSA) is 54.5 Å². The number of carbonyl (C=O) groups excluding carboxylic acids is 1. The molecule has 7 heteroatoms. The maximum Gasteiger partial charge on any atom is 0.264 e. The number of benzene rings is 2. The van der Waals surface area contributed by atoms with Gasteiger partial charge in [-0.1, -0.05) is 61.7 Å². The first-order valence-electron chi connectivity index (χ1n) is 7.84. The van der Waals surface area contributed by atoms with Crippen molar-refractivity contribution in [3.05, 3.63) is 59.7 Å². The highest BCUT2D eigenvalue weighted by Gasteiger charge is 2.39. The lowest BCUT2D eigenvalue weighted by Crippen LogP contribution is -2.38. The van der Waals surface area contributed by atoms with Crippen molar-refractivity contribution in [2.24, 2.45) is 0 Å². The first kappa shape index (κ1) is 18.6. The number of halogens is 2. The molecular formula is C18H17Br2NO3S. The first-order valence-corrected chi connectivity index (χ1v) is 10.9. The van der Waals surface area contributed by atoms with E-state index in [2.05, 4.69) is 31.9 Å². The number of ketones is 1. The number of anilines is 1. The number of hydrogen-bond acceptors (Lipinski definition) is 3. The number of carbonyl (C=O) groups is 1. The summed E-state index contributed by atoms with van der Waals surface area (Å²) in [6, 6.07) is 13.6. The fraction of sp³-hybridized carbons (Fsp3) is 0.278. The molecule has 4 nitrogen and oxygen atoms in total. The number of sulfonamides is 1. The highest BCUT2D eigenvalue weighted by molar-refractivity contribution is 9.26. The summed E-state index contributed by atoms with van der Waals surface area (Å²) in [5.41, 5.74) is 1.79. The minimum absolute atomic E-state index is 0.174. The monoisotopic (exact) mass is 485 g/mol. The summed E-state index contributed by atoms with van der Waals surface area (Å²) in [6.07, 6.45) is 1.03. The lowest BCUT2D eigenvalue weighted by molar-refractivity contribution is 0.0979. The van der Waals surface area contributed by atoms with E-state index < -0.39 is 13.3 Å². The molecule has 1 aliphatic heterocycles. The molecule has 0 unspecified atom stereocenters. The van der Waals surface area contributed by atoms with Gasteiger partial charge in [0.05, 0.1) is 10.6 Å². The molecular weight excluding hydrogens is 470 g/mol. The van der Waals surface area contributed by atoms with E-state index in [9.17, 15) is 13.2 Å². The molecule has 0 saturated heterocycles. The van der Waals surface area contributed by atoms with E-state index >= 15 is 0 Å². The average molecular weight is 487 g/mol. The van der Waals surface area contributed by atoms with Gasteiger partial charge in [0.1, 0.15) is 3.23 Å². The largest absolute Gasteiger partial charge is 0.292 e. The van der Waals surface area contributed by atoms with Gasteiger partial charge in [-0.15, -0.1) is 0 Å². The van der Waals surface area contributed by atoms with Crippen LogP contribution in [-0.2, 0) is 10.0 Å². The van der Waals surface area contributed by atoms with Crippen LogP contribution < -0.4 is 4.31 Å². The van der Waals surface area contributed by atoms with E-state index in [1.54, 1.807) is 48.5 Å². The van der Waals surface area contributed by atoms with Crippen molar-refractivity contribution in [2.75, 3.05) is 10.8 Å². The third kappa shape index (κ3) is 3.55.